The van der Waals surface area contributed by atoms with Crippen molar-refractivity contribution in [2.75, 3.05) is 0 Å². The molecule has 0 atom stereocenters. The fourth-order valence-corrected chi connectivity index (χ4v) is 2.01. The van der Waals surface area contributed by atoms with Crippen molar-refractivity contribution in [3.05, 3.63) is 64.4 Å². The van der Waals surface area contributed by atoms with Crippen LogP contribution >= 0.6 is 11.6 Å². The molecule has 2 N–H and O–H groups in total. The zero-order valence-electron chi connectivity index (χ0n) is 12.1. The molecule has 22 heavy (non-hydrogen) atoms. The van der Waals surface area contributed by atoms with Crippen LogP contribution in [0.25, 0.3) is 0 Å². The van der Waals surface area contributed by atoms with Crippen LogP contribution in [-0.4, -0.2) is 16.8 Å². The monoisotopic (exact) mass is 317 g/mol. The van der Waals surface area contributed by atoms with Gasteiger partial charge in [-0.05, 0) is 42.7 Å². The van der Waals surface area contributed by atoms with E-state index in [2.05, 4.69) is 15.8 Å². The van der Waals surface area contributed by atoms with Crippen molar-refractivity contribution in [2.24, 2.45) is 0 Å². The lowest BCUT2D eigenvalue weighted by molar-refractivity contribution is -0.121. The molecule has 0 aliphatic carbocycles. The van der Waals surface area contributed by atoms with Gasteiger partial charge in [0.15, 0.2) is 0 Å². The first-order valence-corrected chi connectivity index (χ1v) is 7.18. The second-order valence-electron chi connectivity index (χ2n) is 4.83. The largest absolute Gasteiger partial charge is 0.273 e. The van der Waals surface area contributed by atoms with Crippen LogP contribution < -0.4 is 10.9 Å². The minimum atomic E-state index is -0.403. The number of hydrogen-bond donors (Lipinski definition) is 2. The van der Waals surface area contributed by atoms with Gasteiger partial charge in [0.25, 0.3) is 5.91 Å². The lowest BCUT2D eigenvalue weighted by atomic mass is 10.1. The molecule has 0 aliphatic rings. The number of aryl methyl sites for hydroxylation is 2. The Morgan fingerprint density at radius 2 is 2.05 bits per heavy atom. The Balaban J connectivity index is 1.78. The Kier molecular flexibility index (Phi) is 5.49. The molecule has 6 heteroatoms. The molecule has 1 aromatic carbocycles. The normalized spacial score (nSPS) is 10.1. The number of aromatic nitrogens is 1. The molecule has 1 aromatic heterocycles. The van der Waals surface area contributed by atoms with E-state index in [1.54, 1.807) is 18.3 Å². The highest BCUT2D eigenvalue weighted by Gasteiger charge is 2.07. The number of nitrogens with zero attached hydrogens (tertiary/aromatic N) is 1. The molecular weight excluding hydrogens is 302 g/mol. The molecule has 0 saturated carbocycles. The molecule has 1 heterocycles. The average Bonchev–Trinajstić information content (AvgIpc) is 2.54. The number of carbonyl (C=O) groups excluding carboxylic acids is 2. The van der Waals surface area contributed by atoms with Gasteiger partial charge >= 0.3 is 0 Å². The Hall–Kier alpha value is -2.40. The van der Waals surface area contributed by atoms with E-state index in [0.717, 1.165) is 11.1 Å². The smallest absolute Gasteiger partial charge is 0.271 e. The molecule has 2 amide bonds. The van der Waals surface area contributed by atoms with Crippen molar-refractivity contribution in [1.29, 1.82) is 0 Å². The van der Waals surface area contributed by atoms with Crippen molar-refractivity contribution in [1.82, 2.24) is 15.8 Å². The van der Waals surface area contributed by atoms with Crippen LogP contribution in [0.3, 0.4) is 0 Å². The fourth-order valence-electron chi connectivity index (χ4n) is 1.81. The van der Waals surface area contributed by atoms with Gasteiger partial charge in [0, 0.05) is 23.8 Å². The predicted molar refractivity (Wildman–Crippen MR) is 84.4 cm³/mol. The number of carbonyl (C=O) groups is 2. The van der Waals surface area contributed by atoms with E-state index in [1.165, 1.54) is 6.20 Å². The summed E-state index contributed by atoms with van der Waals surface area (Å²) in [6, 6.07) is 8.96. The first kappa shape index (κ1) is 16.0. The van der Waals surface area contributed by atoms with Gasteiger partial charge in [-0.15, -0.1) is 0 Å². The molecule has 2 rings (SSSR count). The maximum atomic E-state index is 11.7. The standard InChI is InChI=1S/C16H16ClN3O2/c1-11-4-5-12(9-14(11)17)6-7-15(21)19-20-16(22)13-3-2-8-18-10-13/h2-5,8-10H,6-7H2,1H3,(H,19,21)(H,20,22). The topological polar surface area (TPSA) is 71.1 Å². The second-order valence-corrected chi connectivity index (χ2v) is 5.23. The highest BCUT2D eigenvalue weighted by Crippen LogP contribution is 2.17. The van der Waals surface area contributed by atoms with Crippen LogP contribution in [0, 0.1) is 6.92 Å². The third kappa shape index (κ3) is 4.56. The van der Waals surface area contributed by atoms with Crippen molar-refractivity contribution in [3.8, 4) is 0 Å². The number of hydrazine groups is 1. The molecule has 5 nitrogen and oxygen atoms in total. The minimum absolute atomic E-state index is 0.257. The van der Waals surface area contributed by atoms with Gasteiger partial charge in [0.2, 0.25) is 5.91 Å². The number of rotatable bonds is 4. The van der Waals surface area contributed by atoms with E-state index in [1.807, 2.05) is 25.1 Å². The Morgan fingerprint density at radius 1 is 1.23 bits per heavy atom. The number of benzene rings is 1. The summed E-state index contributed by atoms with van der Waals surface area (Å²) in [6.07, 6.45) is 3.80. The number of amides is 2. The molecule has 0 bridgehead atoms. The van der Waals surface area contributed by atoms with Crippen LogP contribution in [0.5, 0.6) is 0 Å². The summed E-state index contributed by atoms with van der Waals surface area (Å²) in [7, 11) is 0. The Labute approximate surface area is 133 Å². The summed E-state index contributed by atoms with van der Waals surface area (Å²) >= 11 is 6.04. The molecule has 0 saturated heterocycles. The predicted octanol–water partition coefficient (Wildman–Crippen LogP) is 2.44. The van der Waals surface area contributed by atoms with Gasteiger partial charge in [-0.25, -0.2) is 0 Å². The second kappa shape index (κ2) is 7.56. The Morgan fingerprint density at radius 3 is 2.73 bits per heavy atom. The van der Waals surface area contributed by atoms with Gasteiger partial charge in [0.05, 0.1) is 5.56 Å². The van der Waals surface area contributed by atoms with Gasteiger partial charge in [-0.1, -0.05) is 23.7 Å². The molecule has 114 valence electrons. The minimum Gasteiger partial charge on any atom is -0.273 e. The zero-order valence-corrected chi connectivity index (χ0v) is 12.9. The Bertz CT molecular complexity index is 674. The average molecular weight is 318 g/mol. The van der Waals surface area contributed by atoms with Gasteiger partial charge in [-0.3, -0.25) is 25.4 Å². The molecule has 2 aromatic rings. The molecule has 0 unspecified atom stereocenters. The van der Waals surface area contributed by atoms with E-state index < -0.39 is 5.91 Å². The third-order valence-electron chi connectivity index (χ3n) is 3.12. The van der Waals surface area contributed by atoms with Crippen LogP contribution in [-0.2, 0) is 11.2 Å². The number of hydrogen-bond acceptors (Lipinski definition) is 3. The van der Waals surface area contributed by atoms with Gasteiger partial charge in [0.1, 0.15) is 0 Å². The molecule has 0 radical (unpaired) electrons. The SMILES string of the molecule is Cc1ccc(CCC(=O)NNC(=O)c2cccnc2)cc1Cl. The summed E-state index contributed by atoms with van der Waals surface area (Å²) in [6.45, 7) is 1.92. The van der Waals surface area contributed by atoms with Gasteiger partial charge in [-0.2, -0.15) is 0 Å². The number of pyridine rings is 1. The summed E-state index contributed by atoms with van der Waals surface area (Å²) < 4.78 is 0. The van der Waals surface area contributed by atoms with E-state index in [9.17, 15) is 9.59 Å². The van der Waals surface area contributed by atoms with E-state index in [-0.39, 0.29) is 12.3 Å². The fraction of sp³-hybridized carbons (Fsp3) is 0.188. The summed E-state index contributed by atoms with van der Waals surface area (Å²) in [5.74, 6) is -0.672. The number of halogens is 1. The maximum absolute atomic E-state index is 11.7. The molecule has 0 aliphatic heterocycles. The van der Waals surface area contributed by atoms with E-state index >= 15 is 0 Å². The van der Waals surface area contributed by atoms with Crippen LogP contribution in [0.2, 0.25) is 5.02 Å². The van der Waals surface area contributed by atoms with Crippen molar-refractivity contribution < 1.29 is 9.59 Å². The van der Waals surface area contributed by atoms with Crippen LogP contribution in [0.15, 0.2) is 42.7 Å². The highest BCUT2D eigenvalue weighted by molar-refractivity contribution is 6.31. The van der Waals surface area contributed by atoms with Crippen LogP contribution in [0.1, 0.15) is 27.9 Å². The molecule has 0 spiro atoms. The lowest BCUT2D eigenvalue weighted by Crippen LogP contribution is -2.41. The molecular formula is C16H16ClN3O2. The zero-order chi connectivity index (χ0) is 15.9. The summed E-state index contributed by atoms with van der Waals surface area (Å²) in [5, 5.41) is 0.683. The summed E-state index contributed by atoms with van der Waals surface area (Å²) in [4.78, 5) is 27.3. The van der Waals surface area contributed by atoms with Crippen molar-refractivity contribution in [2.45, 2.75) is 19.8 Å². The van der Waals surface area contributed by atoms with E-state index in [4.69, 9.17) is 11.6 Å². The summed E-state index contributed by atoms with van der Waals surface area (Å²) in [5.41, 5.74) is 7.09. The first-order valence-electron chi connectivity index (χ1n) is 6.80. The third-order valence-corrected chi connectivity index (χ3v) is 3.52. The first-order chi connectivity index (χ1) is 10.6. The van der Waals surface area contributed by atoms with Gasteiger partial charge < -0.3 is 0 Å². The maximum Gasteiger partial charge on any atom is 0.271 e. The number of nitrogens with one attached hydrogen (secondary N) is 2. The van der Waals surface area contributed by atoms with E-state index in [0.29, 0.717) is 17.0 Å². The van der Waals surface area contributed by atoms with Crippen molar-refractivity contribution >= 4 is 23.4 Å². The quantitative estimate of drug-likeness (QED) is 0.851. The molecule has 0 fully saturated rings. The van der Waals surface area contributed by atoms with Crippen molar-refractivity contribution in [3.63, 3.8) is 0 Å². The lowest BCUT2D eigenvalue weighted by Gasteiger charge is -2.07. The van der Waals surface area contributed by atoms with Crippen LogP contribution in [0.4, 0.5) is 0 Å². The highest BCUT2D eigenvalue weighted by atomic mass is 35.5.